The van der Waals surface area contributed by atoms with Crippen molar-refractivity contribution >= 4 is 22.4 Å². The van der Waals surface area contributed by atoms with Crippen molar-refractivity contribution in [2.24, 2.45) is 7.05 Å². The van der Waals surface area contributed by atoms with Crippen molar-refractivity contribution in [3.63, 3.8) is 0 Å². The third-order valence-corrected chi connectivity index (χ3v) is 3.33. The summed E-state index contributed by atoms with van der Waals surface area (Å²) in [5.74, 6) is 0.133. The monoisotopic (exact) mass is 286 g/mol. The first-order chi connectivity index (χ1) is 9.97. The van der Waals surface area contributed by atoms with Gasteiger partial charge in [-0.25, -0.2) is 9.37 Å². The van der Waals surface area contributed by atoms with E-state index in [2.05, 4.69) is 4.98 Å². The summed E-state index contributed by atoms with van der Waals surface area (Å²) in [6.07, 6.45) is 0. The molecule has 106 valence electrons. The molecule has 21 heavy (non-hydrogen) atoms. The second kappa shape index (κ2) is 4.55. The number of hydrogen-bond donors (Lipinski definition) is 1. The van der Waals surface area contributed by atoms with Crippen molar-refractivity contribution in [3.05, 3.63) is 52.3 Å². The van der Waals surface area contributed by atoms with Crippen LogP contribution in [0.3, 0.4) is 0 Å². The summed E-state index contributed by atoms with van der Waals surface area (Å²) in [6.45, 7) is 0. The molecule has 0 saturated heterocycles. The van der Waals surface area contributed by atoms with Crippen LogP contribution in [0.25, 0.3) is 22.4 Å². The molecule has 0 saturated carbocycles. The summed E-state index contributed by atoms with van der Waals surface area (Å²) in [7, 11) is 1.77. The number of fused-ring (bicyclic) bond motifs is 1. The molecule has 0 aliphatic heterocycles. The smallest absolute Gasteiger partial charge is 0.292 e. The van der Waals surface area contributed by atoms with E-state index in [0.29, 0.717) is 16.9 Å². The number of aromatic nitrogens is 2. The summed E-state index contributed by atoms with van der Waals surface area (Å²) in [5.41, 5.74) is 7.28. The molecule has 7 heteroatoms. The van der Waals surface area contributed by atoms with E-state index in [-0.39, 0.29) is 17.2 Å². The average Bonchev–Trinajstić information content (AvgIpc) is 2.75. The normalized spacial score (nSPS) is 11.0. The van der Waals surface area contributed by atoms with Crippen LogP contribution in [0.4, 0.5) is 15.8 Å². The number of aryl methyl sites for hydroxylation is 1. The van der Waals surface area contributed by atoms with Crippen molar-refractivity contribution in [2.75, 3.05) is 5.73 Å². The van der Waals surface area contributed by atoms with E-state index in [1.165, 1.54) is 24.3 Å². The quantitative estimate of drug-likeness (QED) is 0.446. The number of nitrogens with zero attached hydrogens (tertiary/aromatic N) is 3. The third kappa shape index (κ3) is 2.08. The number of nitrogens with two attached hydrogens (primary N) is 1. The van der Waals surface area contributed by atoms with Crippen molar-refractivity contribution in [1.82, 2.24) is 9.55 Å². The Labute approximate surface area is 118 Å². The Kier molecular flexibility index (Phi) is 2.83. The van der Waals surface area contributed by atoms with Gasteiger partial charge in [0, 0.05) is 24.7 Å². The van der Waals surface area contributed by atoms with E-state index in [1.54, 1.807) is 23.7 Å². The van der Waals surface area contributed by atoms with Crippen LogP contribution in [0.5, 0.6) is 0 Å². The van der Waals surface area contributed by atoms with Gasteiger partial charge in [-0.05, 0) is 24.3 Å². The third-order valence-electron chi connectivity index (χ3n) is 3.33. The van der Waals surface area contributed by atoms with Gasteiger partial charge in [0.1, 0.15) is 17.3 Å². The fourth-order valence-electron chi connectivity index (χ4n) is 2.27. The maximum atomic E-state index is 13.2. The van der Waals surface area contributed by atoms with Crippen LogP contribution >= 0.6 is 0 Å². The van der Waals surface area contributed by atoms with Crippen LogP contribution in [0, 0.1) is 15.9 Å². The molecule has 0 aliphatic rings. The fourth-order valence-corrected chi connectivity index (χ4v) is 2.27. The predicted molar refractivity (Wildman–Crippen MR) is 77.2 cm³/mol. The topological polar surface area (TPSA) is 87.0 Å². The minimum atomic E-state index is -0.541. The largest absolute Gasteiger partial charge is 0.393 e. The Morgan fingerprint density at radius 1 is 1.29 bits per heavy atom. The molecule has 0 unspecified atom stereocenters. The Hall–Kier alpha value is -2.96. The molecule has 2 aromatic carbocycles. The molecular formula is C14H11FN4O2. The van der Waals surface area contributed by atoms with E-state index in [9.17, 15) is 14.5 Å². The number of nitro groups is 1. The van der Waals surface area contributed by atoms with E-state index in [0.717, 1.165) is 5.52 Å². The van der Waals surface area contributed by atoms with Crippen LogP contribution in [0.15, 0.2) is 36.4 Å². The van der Waals surface area contributed by atoms with Gasteiger partial charge in [0.05, 0.1) is 16.0 Å². The van der Waals surface area contributed by atoms with Gasteiger partial charge in [-0.3, -0.25) is 10.1 Å². The highest BCUT2D eigenvalue weighted by molar-refractivity contribution is 5.81. The Balaban J connectivity index is 2.23. The highest BCUT2D eigenvalue weighted by Crippen LogP contribution is 2.30. The molecule has 3 aromatic rings. The number of rotatable bonds is 2. The lowest BCUT2D eigenvalue weighted by atomic mass is 10.1. The zero-order valence-electron chi connectivity index (χ0n) is 11.1. The van der Waals surface area contributed by atoms with E-state index in [4.69, 9.17) is 5.73 Å². The van der Waals surface area contributed by atoms with Crippen molar-refractivity contribution in [1.29, 1.82) is 0 Å². The van der Waals surface area contributed by atoms with Gasteiger partial charge in [0.25, 0.3) is 5.69 Å². The highest BCUT2D eigenvalue weighted by Gasteiger charge is 2.16. The van der Waals surface area contributed by atoms with Gasteiger partial charge >= 0.3 is 0 Å². The number of benzene rings is 2. The molecule has 0 amide bonds. The number of imidazole rings is 1. The summed E-state index contributed by atoms with van der Waals surface area (Å²) in [5, 5.41) is 11.0. The molecule has 3 rings (SSSR count). The minimum absolute atomic E-state index is 0.0913. The maximum Gasteiger partial charge on any atom is 0.292 e. The zero-order chi connectivity index (χ0) is 15.1. The molecule has 6 nitrogen and oxygen atoms in total. The lowest BCUT2D eigenvalue weighted by Gasteiger charge is -2.04. The average molecular weight is 286 g/mol. The maximum absolute atomic E-state index is 13.2. The second-order valence-corrected chi connectivity index (χ2v) is 4.66. The highest BCUT2D eigenvalue weighted by atomic mass is 19.1. The number of anilines is 1. The van der Waals surface area contributed by atoms with Crippen molar-refractivity contribution in [3.8, 4) is 11.4 Å². The van der Waals surface area contributed by atoms with Crippen LogP contribution < -0.4 is 5.73 Å². The van der Waals surface area contributed by atoms with Crippen LogP contribution in [0.2, 0.25) is 0 Å². The number of nitrogen functional groups attached to an aromatic ring is 1. The van der Waals surface area contributed by atoms with Crippen LogP contribution in [-0.4, -0.2) is 14.5 Å². The molecular weight excluding hydrogens is 275 g/mol. The molecule has 0 bridgehead atoms. The predicted octanol–water partition coefficient (Wildman–Crippen LogP) is 2.87. The first-order valence-electron chi connectivity index (χ1n) is 6.13. The molecule has 0 radical (unpaired) electrons. The van der Waals surface area contributed by atoms with E-state index >= 15 is 0 Å². The zero-order valence-corrected chi connectivity index (χ0v) is 11.1. The Morgan fingerprint density at radius 2 is 2.05 bits per heavy atom. The molecule has 1 heterocycles. The van der Waals surface area contributed by atoms with Gasteiger partial charge < -0.3 is 10.3 Å². The lowest BCUT2D eigenvalue weighted by Crippen LogP contribution is -1.98. The summed E-state index contributed by atoms with van der Waals surface area (Å²) >= 11 is 0. The van der Waals surface area contributed by atoms with Crippen LogP contribution in [0.1, 0.15) is 0 Å². The summed E-state index contributed by atoms with van der Waals surface area (Å²) < 4.78 is 15.0. The minimum Gasteiger partial charge on any atom is -0.393 e. The summed E-state index contributed by atoms with van der Waals surface area (Å²) in [6, 6.07) is 8.77. The second-order valence-electron chi connectivity index (χ2n) is 4.66. The first kappa shape index (κ1) is 13.0. The van der Waals surface area contributed by atoms with Gasteiger partial charge in [0.2, 0.25) is 0 Å². The first-order valence-corrected chi connectivity index (χ1v) is 6.13. The molecule has 0 spiro atoms. The Morgan fingerprint density at radius 3 is 2.76 bits per heavy atom. The standard InChI is InChI=1S/C14H11FN4O2/c1-18-12-5-3-9(15)7-11(12)17-14(18)8-2-4-10(16)13(6-8)19(20)21/h2-7H,16H2,1H3. The van der Waals surface area contributed by atoms with Crippen LogP contribution in [-0.2, 0) is 7.05 Å². The number of halogens is 1. The summed E-state index contributed by atoms with van der Waals surface area (Å²) in [4.78, 5) is 14.7. The van der Waals surface area contributed by atoms with E-state index < -0.39 is 4.92 Å². The van der Waals surface area contributed by atoms with Crippen molar-refractivity contribution in [2.45, 2.75) is 0 Å². The van der Waals surface area contributed by atoms with Gasteiger partial charge in [-0.2, -0.15) is 0 Å². The van der Waals surface area contributed by atoms with Gasteiger partial charge in [0.15, 0.2) is 0 Å². The molecule has 0 aliphatic carbocycles. The molecule has 0 atom stereocenters. The lowest BCUT2D eigenvalue weighted by molar-refractivity contribution is -0.383. The van der Waals surface area contributed by atoms with Crippen molar-refractivity contribution < 1.29 is 9.31 Å². The van der Waals surface area contributed by atoms with Gasteiger partial charge in [-0.15, -0.1) is 0 Å². The number of hydrogen-bond acceptors (Lipinski definition) is 4. The van der Waals surface area contributed by atoms with E-state index in [1.807, 2.05) is 0 Å². The molecule has 1 aromatic heterocycles. The fraction of sp³-hybridized carbons (Fsp3) is 0.0714. The molecule has 2 N–H and O–H groups in total. The van der Waals surface area contributed by atoms with Gasteiger partial charge in [-0.1, -0.05) is 0 Å². The SMILES string of the molecule is Cn1c(-c2ccc(N)c([N+](=O)[O-])c2)nc2cc(F)ccc21. The molecule has 0 fully saturated rings. The number of nitro benzene ring substituents is 1. The Bertz CT molecular complexity index is 873.